The first-order chi connectivity index (χ1) is 8.04. The van der Waals surface area contributed by atoms with Crippen LogP contribution in [-0.4, -0.2) is 59.6 Å². The van der Waals surface area contributed by atoms with Crippen molar-refractivity contribution in [2.75, 3.05) is 32.7 Å². The number of carboxylic acids is 1. The number of rotatable bonds is 6. The Bertz CT molecular complexity index is 244. The van der Waals surface area contributed by atoms with Crippen LogP contribution in [0.3, 0.4) is 0 Å². The fourth-order valence-corrected chi connectivity index (χ4v) is 2.37. The van der Waals surface area contributed by atoms with E-state index in [-0.39, 0.29) is 6.04 Å². The quantitative estimate of drug-likeness (QED) is 0.767. The van der Waals surface area contributed by atoms with Crippen molar-refractivity contribution in [3.8, 4) is 0 Å². The van der Waals surface area contributed by atoms with Gasteiger partial charge >= 0.3 is 5.97 Å². The monoisotopic (exact) mass is 242 g/mol. The highest BCUT2D eigenvalue weighted by Crippen LogP contribution is 2.12. The molecule has 0 aromatic carbocycles. The summed E-state index contributed by atoms with van der Waals surface area (Å²) in [5, 5.41) is 9.26. The first kappa shape index (κ1) is 14.5. The van der Waals surface area contributed by atoms with E-state index in [1.165, 1.54) is 6.42 Å². The molecule has 0 aliphatic carbocycles. The molecule has 4 heteroatoms. The molecule has 0 spiro atoms. The van der Waals surface area contributed by atoms with E-state index in [1.807, 2.05) is 0 Å². The Labute approximate surface area is 105 Å². The lowest BCUT2D eigenvalue weighted by molar-refractivity contribution is -0.145. The molecule has 0 aromatic rings. The molecule has 0 bridgehead atoms. The van der Waals surface area contributed by atoms with E-state index in [4.69, 9.17) is 0 Å². The van der Waals surface area contributed by atoms with Gasteiger partial charge < -0.3 is 10.0 Å². The second kappa shape index (κ2) is 6.97. The molecule has 0 saturated carbocycles. The van der Waals surface area contributed by atoms with E-state index in [0.29, 0.717) is 12.5 Å². The van der Waals surface area contributed by atoms with Gasteiger partial charge in [-0.2, -0.15) is 0 Å². The lowest BCUT2D eigenvalue weighted by Gasteiger charge is -2.39. The number of hydrogen-bond donors (Lipinski definition) is 1. The Morgan fingerprint density at radius 2 is 2.12 bits per heavy atom. The van der Waals surface area contributed by atoms with Crippen molar-refractivity contribution in [3.05, 3.63) is 0 Å². The summed E-state index contributed by atoms with van der Waals surface area (Å²) >= 11 is 0. The standard InChI is InChI=1S/C13H26N2O2/c1-4-14-8-9-15(7-5-6-11(2)3)12(10-14)13(16)17/h11-12H,4-10H2,1-3H3,(H,16,17). The zero-order valence-corrected chi connectivity index (χ0v) is 11.4. The third-order valence-corrected chi connectivity index (χ3v) is 3.53. The van der Waals surface area contributed by atoms with Gasteiger partial charge in [0.15, 0.2) is 0 Å². The van der Waals surface area contributed by atoms with Gasteiger partial charge in [0.05, 0.1) is 0 Å². The number of aliphatic carboxylic acids is 1. The molecular formula is C13H26N2O2. The van der Waals surface area contributed by atoms with Gasteiger partial charge in [-0.3, -0.25) is 9.69 Å². The van der Waals surface area contributed by atoms with Crippen LogP contribution in [0.4, 0.5) is 0 Å². The molecule has 1 unspecified atom stereocenters. The number of nitrogens with zero attached hydrogens (tertiary/aromatic N) is 2. The normalized spacial score (nSPS) is 23.2. The molecule has 4 nitrogen and oxygen atoms in total. The van der Waals surface area contributed by atoms with E-state index in [2.05, 4.69) is 30.6 Å². The molecule has 0 aromatic heterocycles. The predicted molar refractivity (Wildman–Crippen MR) is 69.2 cm³/mol. The minimum Gasteiger partial charge on any atom is -0.480 e. The number of likely N-dealkylation sites (N-methyl/N-ethyl adjacent to an activating group) is 1. The highest BCUT2D eigenvalue weighted by atomic mass is 16.4. The van der Waals surface area contributed by atoms with Crippen molar-refractivity contribution >= 4 is 5.97 Å². The SMILES string of the molecule is CCN1CCN(CCCC(C)C)C(C(=O)O)C1. The Morgan fingerprint density at radius 3 is 2.65 bits per heavy atom. The summed E-state index contributed by atoms with van der Waals surface area (Å²) in [7, 11) is 0. The zero-order valence-electron chi connectivity index (χ0n) is 11.4. The van der Waals surface area contributed by atoms with Crippen LogP contribution in [0.15, 0.2) is 0 Å². The van der Waals surface area contributed by atoms with Crippen LogP contribution in [0.25, 0.3) is 0 Å². The highest BCUT2D eigenvalue weighted by Gasteiger charge is 2.30. The Hall–Kier alpha value is -0.610. The molecular weight excluding hydrogens is 216 g/mol. The number of piperazine rings is 1. The Balaban J connectivity index is 2.43. The zero-order chi connectivity index (χ0) is 12.8. The average Bonchev–Trinajstić information content (AvgIpc) is 2.28. The van der Waals surface area contributed by atoms with Gasteiger partial charge in [0.2, 0.25) is 0 Å². The maximum absolute atomic E-state index is 11.3. The lowest BCUT2D eigenvalue weighted by Crippen LogP contribution is -2.56. The van der Waals surface area contributed by atoms with E-state index >= 15 is 0 Å². The average molecular weight is 242 g/mol. The van der Waals surface area contributed by atoms with Gasteiger partial charge in [-0.1, -0.05) is 20.8 Å². The summed E-state index contributed by atoms with van der Waals surface area (Å²) in [4.78, 5) is 15.6. The Kier molecular flexibility index (Phi) is 5.92. The molecule has 100 valence electrons. The second-order valence-electron chi connectivity index (χ2n) is 5.32. The van der Waals surface area contributed by atoms with Crippen LogP contribution in [0, 0.1) is 5.92 Å². The molecule has 1 atom stereocenters. The third kappa shape index (κ3) is 4.64. The summed E-state index contributed by atoms with van der Waals surface area (Å²) in [6, 6.07) is -0.309. The highest BCUT2D eigenvalue weighted by molar-refractivity contribution is 5.73. The van der Waals surface area contributed by atoms with Crippen LogP contribution in [0.5, 0.6) is 0 Å². The fourth-order valence-electron chi connectivity index (χ4n) is 2.37. The molecule has 1 aliphatic heterocycles. The maximum Gasteiger partial charge on any atom is 0.322 e. The first-order valence-electron chi connectivity index (χ1n) is 6.73. The summed E-state index contributed by atoms with van der Waals surface area (Å²) in [6.07, 6.45) is 2.29. The predicted octanol–water partition coefficient (Wildman–Crippen LogP) is 1.51. The van der Waals surface area contributed by atoms with Crippen molar-refractivity contribution < 1.29 is 9.90 Å². The molecule has 1 heterocycles. The smallest absolute Gasteiger partial charge is 0.322 e. The van der Waals surface area contributed by atoms with Gasteiger partial charge in [0.1, 0.15) is 6.04 Å². The van der Waals surface area contributed by atoms with Crippen LogP contribution in [0.1, 0.15) is 33.6 Å². The molecule has 1 N–H and O–H groups in total. The van der Waals surface area contributed by atoms with Gasteiger partial charge in [-0.25, -0.2) is 0 Å². The maximum atomic E-state index is 11.3. The third-order valence-electron chi connectivity index (χ3n) is 3.53. The van der Waals surface area contributed by atoms with Crippen LogP contribution < -0.4 is 0 Å². The summed E-state index contributed by atoms with van der Waals surface area (Å²) in [5.41, 5.74) is 0. The van der Waals surface area contributed by atoms with Crippen molar-refractivity contribution in [1.82, 2.24) is 9.80 Å². The molecule has 1 aliphatic rings. The van der Waals surface area contributed by atoms with Gasteiger partial charge in [0.25, 0.3) is 0 Å². The molecule has 1 rings (SSSR count). The van der Waals surface area contributed by atoms with Crippen molar-refractivity contribution in [2.45, 2.75) is 39.7 Å². The van der Waals surface area contributed by atoms with Crippen molar-refractivity contribution in [3.63, 3.8) is 0 Å². The molecule has 0 radical (unpaired) electrons. The summed E-state index contributed by atoms with van der Waals surface area (Å²) in [5.74, 6) is 0.0305. The van der Waals surface area contributed by atoms with E-state index < -0.39 is 5.97 Å². The largest absolute Gasteiger partial charge is 0.480 e. The van der Waals surface area contributed by atoms with Crippen molar-refractivity contribution in [1.29, 1.82) is 0 Å². The molecule has 0 amide bonds. The molecule has 17 heavy (non-hydrogen) atoms. The van der Waals surface area contributed by atoms with E-state index in [1.54, 1.807) is 0 Å². The van der Waals surface area contributed by atoms with E-state index in [0.717, 1.165) is 32.6 Å². The topological polar surface area (TPSA) is 43.8 Å². The molecule has 1 fully saturated rings. The van der Waals surface area contributed by atoms with Gasteiger partial charge in [0, 0.05) is 19.6 Å². The van der Waals surface area contributed by atoms with E-state index in [9.17, 15) is 9.90 Å². The van der Waals surface area contributed by atoms with Gasteiger partial charge in [-0.15, -0.1) is 0 Å². The summed E-state index contributed by atoms with van der Waals surface area (Å²) in [6.45, 7) is 11.0. The Morgan fingerprint density at radius 1 is 1.41 bits per heavy atom. The first-order valence-corrected chi connectivity index (χ1v) is 6.73. The fraction of sp³-hybridized carbons (Fsp3) is 0.923. The lowest BCUT2D eigenvalue weighted by atomic mass is 10.1. The van der Waals surface area contributed by atoms with Crippen LogP contribution in [0.2, 0.25) is 0 Å². The second-order valence-corrected chi connectivity index (χ2v) is 5.32. The summed E-state index contributed by atoms with van der Waals surface area (Å²) < 4.78 is 0. The minimum absolute atomic E-state index is 0.309. The molecule has 1 saturated heterocycles. The van der Waals surface area contributed by atoms with Crippen LogP contribution in [-0.2, 0) is 4.79 Å². The van der Waals surface area contributed by atoms with Gasteiger partial charge in [-0.05, 0) is 31.8 Å². The minimum atomic E-state index is -0.673. The van der Waals surface area contributed by atoms with Crippen LogP contribution >= 0.6 is 0 Å². The van der Waals surface area contributed by atoms with Crippen molar-refractivity contribution in [2.24, 2.45) is 5.92 Å². The number of carbonyl (C=O) groups is 1. The number of carboxylic acid groups (broad SMARTS) is 1. The number of hydrogen-bond acceptors (Lipinski definition) is 3.